The average molecular weight is 196 g/mol. The van der Waals surface area contributed by atoms with Crippen LogP contribution in [0.4, 0.5) is 11.8 Å². The van der Waals surface area contributed by atoms with Gasteiger partial charge in [0.25, 0.3) is 0 Å². The Labute approximate surface area is 83.9 Å². The van der Waals surface area contributed by atoms with Crippen molar-refractivity contribution < 1.29 is 4.74 Å². The lowest BCUT2D eigenvalue weighted by Gasteiger charge is -2.12. The van der Waals surface area contributed by atoms with E-state index in [1.165, 1.54) is 0 Å². The van der Waals surface area contributed by atoms with E-state index in [0.29, 0.717) is 24.3 Å². The molecule has 0 atom stereocenters. The lowest BCUT2D eigenvalue weighted by molar-refractivity contribution is 0.305. The minimum Gasteiger partial charge on any atom is -0.477 e. The summed E-state index contributed by atoms with van der Waals surface area (Å²) in [5.74, 6) is 1.52. The Balaban J connectivity index is 2.84. The smallest absolute Gasteiger partial charge is 0.230 e. The first-order valence-electron chi connectivity index (χ1n) is 4.58. The van der Waals surface area contributed by atoms with Crippen LogP contribution in [0.2, 0.25) is 0 Å². The number of rotatable bonds is 4. The lowest BCUT2D eigenvalue weighted by atomic mass is 10.5. The van der Waals surface area contributed by atoms with Gasteiger partial charge in [0.1, 0.15) is 5.82 Å². The molecule has 0 aliphatic rings. The molecule has 0 aromatic carbocycles. The fourth-order valence-electron chi connectivity index (χ4n) is 0.911. The lowest BCUT2D eigenvalue weighted by Crippen LogP contribution is -2.14. The van der Waals surface area contributed by atoms with E-state index in [-0.39, 0.29) is 0 Å². The SMILES string of the molecule is CCCOc1cc(N)nc(N(C)C)n1. The molecule has 1 aromatic heterocycles. The molecule has 0 amide bonds. The zero-order valence-electron chi connectivity index (χ0n) is 8.82. The van der Waals surface area contributed by atoms with E-state index < -0.39 is 0 Å². The Morgan fingerprint density at radius 1 is 1.43 bits per heavy atom. The van der Waals surface area contributed by atoms with Crippen molar-refractivity contribution in [2.24, 2.45) is 0 Å². The van der Waals surface area contributed by atoms with Crippen molar-refractivity contribution >= 4 is 11.8 Å². The van der Waals surface area contributed by atoms with Crippen molar-refractivity contribution in [3.63, 3.8) is 0 Å². The van der Waals surface area contributed by atoms with Crippen molar-refractivity contribution in [2.75, 3.05) is 31.3 Å². The third kappa shape index (κ3) is 2.76. The highest BCUT2D eigenvalue weighted by molar-refractivity contribution is 5.41. The summed E-state index contributed by atoms with van der Waals surface area (Å²) < 4.78 is 5.37. The predicted molar refractivity (Wildman–Crippen MR) is 56.6 cm³/mol. The first kappa shape index (κ1) is 10.6. The molecule has 0 saturated heterocycles. The van der Waals surface area contributed by atoms with E-state index in [1.807, 2.05) is 21.0 Å². The molecular weight excluding hydrogens is 180 g/mol. The van der Waals surface area contributed by atoms with E-state index in [4.69, 9.17) is 10.5 Å². The van der Waals surface area contributed by atoms with Crippen LogP contribution in [0.1, 0.15) is 13.3 Å². The standard InChI is InChI=1S/C9H16N4O/c1-4-5-14-8-6-7(10)11-9(12-8)13(2)3/h6H,4-5H2,1-3H3,(H2,10,11,12). The molecule has 0 radical (unpaired) electrons. The predicted octanol–water partition coefficient (Wildman–Crippen LogP) is 0.914. The number of anilines is 2. The number of aromatic nitrogens is 2. The van der Waals surface area contributed by atoms with E-state index in [2.05, 4.69) is 9.97 Å². The maximum atomic E-state index is 5.61. The van der Waals surface area contributed by atoms with Crippen LogP contribution in [0.25, 0.3) is 0 Å². The normalized spacial score (nSPS) is 9.93. The number of hydrogen-bond donors (Lipinski definition) is 1. The fourth-order valence-corrected chi connectivity index (χ4v) is 0.911. The number of nitrogens with zero attached hydrogens (tertiary/aromatic N) is 3. The Hall–Kier alpha value is -1.52. The van der Waals surface area contributed by atoms with Crippen LogP contribution in [-0.4, -0.2) is 30.7 Å². The van der Waals surface area contributed by atoms with Crippen LogP contribution in [0.15, 0.2) is 6.07 Å². The van der Waals surface area contributed by atoms with Gasteiger partial charge in [-0.1, -0.05) is 6.92 Å². The Bertz CT molecular complexity index is 301. The van der Waals surface area contributed by atoms with E-state index in [0.717, 1.165) is 6.42 Å². The van der Waals surface area contributed by atoms with Crippen LogP contribution in [0.5, 0.6) is 5.88 Å². The summed E-state index contributed by atoms with van der Waals surface area (Å²) in [6.07, 6.45) is 0.946. The Morgan fingerprint density at radius 2 is 2.14 bits per heavy atom. The van der Waals surface area contributed by atoms with Crippen LogP contribution in [0.3, 0.4) is 0 Å². The molecule has 78 valence electrons. The van der Waals surface area contributed by atoms with Gasteiger partial charge in [-0.15, -0.1) is 0 Å². The van der Waals surface area contributed by atoms with Gasteiger partial charge in [0.05, 0.1) is 6.61 Å². The first-order valence-corrected chi connectivity index (χ1v) is 4.58. The van der Waals surface area contributed by atoms with E-state index in [9.17, 15) is 0 Å². The van der Waals surface area contributed by atoms with Crippen molar-refractivity contribution in [1.29, 1.82) is 0 Å². The number of nitrogen functional groups attached to an aromatic ring is 1. The molecule has 14 heavy (non-hydrogen) atoms. The van der Waals surface area contributed by atoms with E-state index >= 15 is 0 Å². The molecule has 1 aromatic rings. The average Bonchev–Trinajstić information content (AvgIpc) is 2.14. The van der Waals surface area contributed by atoms with E-state index in [1.54, 1.807) is 11.0 Å². The molecule has 1 rings (SSSR count). The molecule has 5 nitrogen and oxygen atoms in total. The number of hydrogen-bond acceptors (Lipinski definition) is 5. The first-order chi connectivity index (χ1) is 6.63. The molecule has 0 unspecified atom stereocenters. The summed E-state index contributed by atoms with van der Waals surface area (Å²) in [6, 6.07) is 1.63. The second kappa shape index (κ2) is 4.64. The highest BCUT2D eigenvalue weighted by atomic mass is 16.5. The Morgan fingerprint density at radius 3 is 2.71 bits per heavy atom. The summed E-state index contributed by atoms with van der Waals surface area (Å²) in [7, 11) is 3.72. The van der Waals surface area contributed by atoms with Crippen LogP contribution in [0, 0.1) is 0 Å². The van der Waals surface area contributed by atoms with Gasteiger partial charge < -0.3 is 15.4 Å². The molecule has 0 fully saturated rings. The van der Waals surface area contributed by atoms with Gasteiger partial charge in [0.15, 0.2) is 0 Å². The zero-order chi connectivity index (χ0) is 10.6. The van der Waals surface area contributed by atoms with Crippen molar-refractivity contribution in [3.8, 4) is 5.88 Å². The van der Waals surface area contributed by atoms with Crippen LogP contribution < -0.4 is 15.4 Å². The quantitative estimate of drug-likeness (QED) is 0.775. The molecule has 0 saturated carbocycles. The highest BCUT2D eigenvalue weighted by Gasteiger charge is 2.04. The summed E-state index contributed by atoms with van der Waals surface area (Å²) in [6.45, 7) is 2.68. The molecule has 0 bridgehead atoms. The van der Waals surface area contributed by atoms with Crippen LogP contribution in [-0.2, 0) is 0 Å². The summed E-state index contributed by atoms with van der Waals surface area (Å²) in [5, 5.41) is 0. The monoisotopic (exact) mass is 196 g/mol. The third-order valence-corrected chi connectivity index (χ3v) is 1.56. The number of ether oxygens (including phenoxy) is 1. The van der Waals surface area contributed by atoms with Crippen molar-refractivity contribution in [2.45, 2.75) is 13.3 Å². The van der Waals surface area contributed by atoms with Gasteiger partial charge in [-0.2, -0.15) is 9.97 Å². The molecule has 1 heterocycles. The number of nitrogens with two attached hydrogens (primary N) is 1. The minimum atomic E-state index is 0.426. The summed E-state index contributed by atoms with van der Waals surface area (Å²) in [4.78, 5) is 10.0. The van der Waals surface area contributed by atoms with Crippen molar-refractivity contribution in [3.05, 3.63) is 6.07 Å². The fraction of sp³-hybridized carbons (Fsp3) is 0.556. The zero-order valence-corrected chi connectivity index (χ0v) is 8.82. The molecule has 0 aliphatic heterocycles. The van der Waals surface area contributed by atoms with Gasteiger partial charge in [-0.3, -0.25) is 0 Å². The topological polar surface area (TPSA) is 64.3 Å². The molecule has 0 aliphatic carbocycles. The highest BCUT2D eigenvalue weighted by Crippen LogP contribution is 2.15. The second-order valence-corrected chi connectivity index (χ2v) is 3.17. The van der Waals surface area contributed by atoms with Crippen molar-refractivity contribution in [1.82, 2.24) is 9.97 Å². The molecule has 5 heteroatoms. The Kier molecular flexibility index (Phi) is 3.50. The summed E-state index contributed by atoms with van der Waals surface area (Å²) >= 11 is 0. The van der Waals surface area contributed by atoms with Gasteiger partial charge in [0, 0.05) is 20.2 Å². The second-order valence-electron chi connectivity index (χ2n) is 3.17. The van der Waals surface area contributed by atoms with Gasteiger partial charge in [0.2, 0.25) is 11.8 Å². The largest absolute Gasteiger partial charge is 0.477 e. The van der Waals surface area contributed by atoms with Crippen LogP contribution >= 0.6 is 0 Å². The minimum absolute atomic E-state index is 0.426. The molecular formula is C9H16N4O. The van der Waals surface area contributed by atoms with Gasteiger partial charge >= 0.3 is 0 Å². The van der Waals surface area contributed by atoms with Gasteiger partial charge in [-0.05, 0) is 6.42 Å². The molecule has 2 N–H and O–H groups in total. The molecule has 0 spiro atoms. The maximum absolute atomic E-state index is 5.61. The summed E-state index contributed by atoms with van der Waals surface area (Å²) in [5.41, 5.74) is 5.61. The third-order valence-electron chi connectivity index (χ3n) is 1.56. The van der Waals surface area contributed by atoms with Gasteiger partial charge in [-0.25, -0.2) is 0 Å². The maximum Gasteiger partial charge on any atom is 0.230 e.